The summed E-state index contributed by atoms with van der Waals surface area (Å²) in [6, 6.07) is 2.87. The van der Waals surface area contributed by atoms with Gasteiger partial charge in [0.25, 0.3) is 0 Å². The fourth-order valence-corrected chi connectivity index (χ4v) is 3.59. The first-order chi connectivity index (χ1) is 10.5. The summed E-state index contributed by atoms with van der Waals surface area (Å²) in [4.78, 5) is 22.9. The standard InChI is InChI=1S/C14H14F2I2O5/c1-6(2)3-10(14(15,16)13(21)22)23-12(20)8-4-7(17)5-9(18)11(8)19/h4-6,10,19H,3H2,1-2H3,(H,21,22). The molecule has 0 amide bonds. The van der Waals surface area contributed by atoms with E-state index in [1.165, 1.54) is 6.07 Å². The van der Waals surface area contributed by atoms with Gasteiger partial charge in [0.2, 0.25) is 0 Å². The van der Waals surface area contributed by atoms with E-state index in [1.807, 2.05) is 22.6 Å². The molecule has 5 nitrogen and oxygen atoms in total. The van der Waals surface area contributed by atoms with Gasteiger partial charge in [-0.05, 0) is 69.7 Å². The molecule has 0 aliphatic carbocycles. The highest BCUT2D eigenvalue weighted by Crippen LogP contribution is 2.31. The van der Waals surface area contributed by atoms with Crippen molar-refractivity contribution in [1.29, 1.82) is 0 Å². The van der Waals surface area contributed by atoms with Crippen molar-refractivity contribution in [1.82, 2.24) is 0 Å². The summed E-state index contributed by atoms with van der Waals surface area (Å²) in [5.41, 5.74) is -0.281. The Morgan fingerprint density at radius 3 is 2.35 bits per heavy atom. The van der Waals surface area contributed by atoms with E-state index >= 15 is 0 Å². The molecule has 1 aromatic rings. The number of alkyl halides is 2. The van der Waals surface area contributed by atoms with Gasteiger partial charge >= 0.3 is 17.9 Å². The van der Waals surface area contributed by atoms with Crippen molar-refractivity contribution in [2.75, 3.05) is 0 Å². The number of phenolic OH excluding ortho intramolecular Hbond substituents is 1. The Labute approximate surface area is 158 Å². The van der Waals surface area contributed by atoms with Gasteiger partial charge in [-0.3, -0.25) is 0 Å². The first-order valence-corrected chi connectivity index (χ1v) is 8.62. The molecule has 1 unspecified atom stereocenters. The summed E-state index contributed by atoms with van der Waals surface area (Å²) in [5, 5.41) is 18.5. The molecule has 0 heterocycles. The van der Waals surface area contributed by atoms with E-state index in [0.29, 0.717) is 7.14 Å². The predicted octanol–water partition coefficient (Wildman–Crippen LogP) is 3.89. The van der Waals surface area contributed by atoms with Crippen molar-refractivity contribution in [3.05, 3.63) is 24.8 Å². The zero-order valence-electron chi connectivity index (χ0n) is 12.1. The average Bonchev–Trinajstić information content (AvgIpc) is 2.41. The molecule has 2 N–H and O–H groups in total. The highest BCUT2D eigenvalue weighted by Gasteiger charge is 2.50. The summed E-state index contributed by atoms with van der Waals surface area (Å²) < 4.78 is 33.2. The number of carbonyl (C=O) groups excluding carboxylic acids is 1. The molecule has 9 heteroatoms. The van der Waals surface area contributed by atoms with Crippen LogP contribution in [0.25, 0.3) is 0 Å². The van der Waals surface area contributed by atoms with Crippen LogP contribution in [0.15, 0.2) is 12.1 Å². The van der Waals surface area contributed by atoms with Crippen LogP contribution in [0.1, 0.15) is 30.6 Å². The van der Waals surface area contributed by atoms with Gasteiger partial charge in [0.1, 0.15) is 11.3 Å². The van der Waals surface area contributed by atoms with E-state index in [2.05, 4.69) is 0 Å². The number of carbonyl (C=O) groups is 2. The summed E-state index contributed by atoms with van der Waals surface area (Å²) in [6.45, 7) is 3.20. The molecule has 0 aliphatic heterocycles. The first-order valence-electron chi connectivity index (χ1n) is 6.47. The quantitative estimate of drug-likeness (QED) is 0.412. The van der Waals surface area contributed by atoms with E-state index in [9.17, 15) is 23.5 Å². The van der Waals surface area contributed by atoms with Crippen LogP contribution < -0.4 is 0 Å². The Morgan fingerprint density at radius 1 is 1.30 bits per heavy atom. The van der Waals surface area contributed by atoms with Gasteiger partial charge in [-0.2, -0.15) is 8.78 Å². The van der Waals surface area contributed by atoms with E-state index in [1.54, 1.807) is 42.5 Å². The molecule has 1 rings (SSSR count). The van der Waals surface area contributed by atoms with E-state index in [-0.39, 0.29) is 17.9 Å². The molecule has 23 heavy (non-hydrogen) atoms. The maximum Gasteiger partial charge on any atom is 0.378 e. The number of ether oxygens (including phenoxy) is 1. The lowest BCUT2D eigenvalue weighted by Gasteiger charge is -2.25. The molecular weight excluding hydrogens is 540 g/mol. The Balaban J connectivity index is 3.14. The van der Waals surface area contributed by atoms with Crippen molar-refractivity contribution in [2.24, 2.45) is 5.92 Å². The lowest BCUT2D eigenvalue weighted by molar-refractivity contribution is -0.183. The zero-order valence-corrected chi connectivity index (χ0v) is 16.5. The number of phenols is 1. The van der Waals surface area contributed by atoms with Gasteiger partial charge in [0.15, 0.2) is 6.10 Å². The van der Waals surface area contributed by atoms with Crippen LogP contribution in [-0.2, 0) is 9.53 Å². The molecule has 0 saturated carbocycles. The number of aliphatic carboxylic acids is 1. The van der Waals surface area contributed by atoms with Crippen LogP contribution in [0.5, 0.6) is 5.75 Å². The van der Waals surface area contributed by atoms with Gasteiger partial charge in [0, 0.05) is 3.57 Å². The molecule has 1 aromatic carbocycles. The number of hydrogen-bond donors (Lipinski definition) is 2. The van der Waals surface area contributed by atoms with Crippen LogP contribution in [0.4, 0.5) is 8.78 Å². The van der Waals surface area contributed by atoms with Gasteiger partial charge in [0.05, 0.1) is 3.57 Å². The molecule has 0 bridgehead atoms. The van der Waals surface area contributed by atoms with Crippen molar-refractivity contribution in [2.45, 2.75) is 32.3 Å². The van der Waals surface area contributed by atoms with Gasteiger partial charge in [-0.25, -0.2) is 9.59 Å². The van der Waals surface area contributed by atoms with Crippen LogP contribution in [0, 0.1) is 13.1 Å². The topological polar surface area (TPSA) is 83.8 Å². The number of rotatable bonds is 6. The molecular formula is C14H14F2I2O5. The number of carboxylic acid groups (broad SMARTS) is 1. The second-order valence-electron chi connectivity index (χ2n) is 5.24. The lowest BCUT2D eigenvalue weighted by Crippen LogP contribution is -2.44. The second kappa shape index (κ2) is 7.90. The maximum absolute atomic E-state index is 13.8. The minimum absolute atomic E-state index is 0.281. The molecule has 128 valence electrons. The number of hydrogen-bond acceptors (Lipinski definition) is 4. The average molecular weight is 554 g/mol. The SMILES string of the molecule is CC(C)CC(OC(=O)c1cc(I)cc(I)c1O)C(F)(F)C(=O)O. The minimum atomic E-state index is -4.22. The molecule has 0 radical (unpaired) electrons. The third-order valence-electron chi connectivity index (χ3n) is 2.87. The van der Waals surface area contributed by atoms with Crippen molar-refractivity contribution < 1.29 is 33.3 Å². The Morgan fingerprint density at radius 2 is 1.87 bits per heavy atom. The number of esters is 1. The lowest BCUT2D eigenvalue weighted by atomic mass is 10.0. The largest absolute Gasteiger partial charge is 0.506 e. The van der Waals surface area contributed by atoms with Crippen molar-refractivity contribution >= 4 is 57.1 Å². The third kappa shape index (κ3) is 5.13. The summed E-state index contributed by atoms with van der Waals surface area (Å²) in [7, 11) is 0. The third-order valence-corrected chi connectivity index (χ3v) is 4.32. The summed E-state index contributed by atoms with van der Waals surface area (Å²) >= 11 is 3.68. The maximum atomic E-state index is 13.8. The van der Waals surface area contributed by atoms with E-state index in [4.69, 9.17) is 9.84 Å². The molecule has 0 fully saturated rings. The number of carboxylic acids is 1. The predicted molar refractivity (Wildman–Crippen MR) is 94.8 cm³/mol. The fourth-order valence-electron chi connectivity index (χ4n) is 1.75. The molecule has 0 aliphatic rings. The second-order valence-corrected chi connectivity index (χ2v) is 7.64. The van der Waals surface area contributed by atoms with Crippen molar-refractivity contribution in [3.8, 4) is 5.75 Å². The Bertz CT molecular complexity index is 619. The van der Waals surface area contributed by atoms with Crippen LogP contribution >= 0.6 is 45.2 Å². The fraction of sp³-hybridized carbons (Fsp3) is 0.429. The van der Waals surface area contributed by atoms with Gasteiger partial charge in [-0.1, -0.05) is 13.8 Å². The van der Waals surface area contributed by atoms with Crippen molar-refractivity contribution in [3.63, 3.8) is 0 Å². The Hall–Kier alpha value is -0.720. The number of halogens is 4. The molecule has 1 atom stereocenters. The van der Waals surface area contributed by atoms with Crippen LogP contribution in [0.3, 0.4) is 0 Å². The van der Waals surface area contributed by atoms with Gasteiger partial charge < -0.3 is 14.9 Å². The monoisotopic (exact) mass is 554 g/mol. The molecule has 0 aromatic heterocycles. The first kappa shape index (κ1) is 20.3. The van der Waals surface area contributed by atoms with E-state index < -0.39 is 29.7 Å². The summed E-state index contributed by atoms with van der Waals surface area (Å²) in [6.07, 6.45) is -2.45. The molecule has 0 spiro atoms. The number of aromatic hydroxyl groups is 1. The highest BCUT2D eigenvalue weighted by molar-refractivity contribution is 14.1. The number of benzene rings is 1. The Kier molecular flexibility index (Phi) is 6.98. The normalized spacial score (nSPS) is 13.0. The van der Waals surface area contributed by atoms with Gasteiger partial charge in [-0.15, -0.1) is 0 Å². The zero-order chi connectivity index (χ0) is 17.9. The smallest absolute Gasteiger partial charge is 0.378 e. The molecule has 0 saturated heterocycles. The van der Waals surface area contributed by atoms with Crippen LogP contribution in [-0.4, -0.2) is 34.2 Å². The highest BCUT2D eigenvalue weighted by atomic mass is 127. The minimum Gasteiger partial charge on any atom is -0.506 e. The van der Waals surface area contributed by atoms with Crippen LogP contribution in [0.2, 0.25) is 0 Å². The van der Waals surface area contributed by atoms with E-state index in [0.717, 1.165) is 0 Å². The summed E-state index contributed by atoms with van der Waals surface area (Å²) in [5.74, 6) is -8.48.